The molecule has 0 aliphatic carbocycles. The fourth-order valence-electron chi connectivity index (χ4n) is 1.90. The average Bonchev–Trinajstić information content (AvgIpc) is 2.34. The molecule has 0 amide bonds. The van der Waals surface area contributed by atoms with Gasteiger partial charge in [0, 0.05) is 5.69 Å². The molecular formula is C15H14ClNO3. The maximum absolute atomic E-state index is 11.3. The van der Waals surface area contributed by atoms with Crippen LogP contribution in [-0.2, 0) is 0 Å². The summed E-state index contributed by atoms with van der Waals surface area (Å²) in [5, 5.41) is 9.38. The summed E-state index contributed by atoms with van der Waals surface area (Å²) >= 11 is 6.04. The highest BCUT2D eigenvalue weighted by molar-refractivity contribution is 6.33. The lowest BCUT2D eigenvalue weighted by Crippen LogP contribution is -2.03. The van der Waals surface area contributed by atoms with Gasteiger partial charge in [-0.2, -0.15) is 0 Å². The Morgan fingerprint density at radius 3 is 2.55 bits per heavy atom. The Hall–Kier alpha value is -2.20. The van der Waals surface area contributed by atoms with E-state index >= 15 is 0 Å². The van der Waals surface area contributed by atoms with E-state index in [1.54, 1.807) is 6.07 Å². The molecule has 0 spiro atoms. The number of rotatable bonds is 3. The highest BCUT2D eigenvalue weighted by Crippen LogP contribution is 2.36. The number of anilines is 1. The molecule has 0 saturated carbocycles. The Morgan fingerprint density at radius 2 is 1.95 bits per heavy atom. The number of aryl methyl sites for hydroxylation is 2. The van der Waals surface area contributed by atoms with E-state index in [0.29, 0.717) is 5.75 Å². The number of aromatic carboxylic acids is 1. The largest absolute Gasteiger partial charge is 0.478 e. The fourth-order valence-corrected chi connectivity index (χ4v) is 2.17. The molecule has 0 bridgehead atoms. The molecule has 2 aromatic carbocycles. The Balaban J connectivity index is 2.50. The van der Waals surface area contributed by atoms with Gasteiger partial charge >= 0.3 is 5.97 Å². The van der Waals surface area contributed by atoms with Crippen LogP contribution in [0.25, 0.3) is 0 Å². The van der Waals surface area contributed by atoms with Crippen LogP contribution in [0.2, 0.25) is 5.02 Å². The summed E-state index contributed by atoms with van der Waals surface area (Å²) in [7, 11) is 0. The fraction of sp³-hybridized carbons (Fsp3) is 0.133. The second kappa shape index (κ2) is 5.43. The van der Waals surface area contributed by atoms with E-state index in [-0.39, 0.29) is 22.0 Å². The molecule has 0 saturated heterocycles. The van der Waals surface area contributed by atoms with Crippen LogP contribution in [0, 0.1) is 13.8 Å². The van der Waals surface area contributed by atoms with Crippen molar-refractivity contribution in [2.45, 2.75) is 13.8 Å². The second-order valence-electron chi connectivity index (χ2n) is 4.56. The molecule has 0 heterocycles. The van der Waals surface area contributed by atoms with E-state index in [2.05, 4.69) is 0 Å². The lowest BCUT2D eigenvalue weighted by molar-refractivity contribution is 0.0694. The van der Waals surface area contributed by atoms with Gasteiger partial charge in [-0.3, -0.25) is 0 Å². The van der Waals surface area contributed by atoms with Crippen LogP contribution in [0.4, 0.5) is 5.69 Å². The molecule has 0 aromatic heterocycles. The molecule has 2 aromatic rings. The maximum atomic E-state index is 11.3. The van der Waals surface area contributed by atoms with Crippen molar-refractivity contribution in [3.05, 3.63) is 52.0 Å². The van der Waals surface area contributed by atoms with Crippen LogP contribution < -0.4 is 10.5 Å². The van der Waals surface area contributed by atoms with Crippen molar-refractivity contribution in [2.75, 3.05) is 5.73 Å². The average molecular weight is 292 g/mol. The molecule has 0 unspecified atom stereocenters. The zero-order chi connectivity index (χ0) is 14.9. The predicted molar refractivity (Wildman–Crippen MR) is 78.8 cm³/mol. The van der Waals surface area contributed by atoms with Gasteiger partial charge in [0.05, 0.1) is 5.02 Å². The van der Waals surface area contributed by atoms with Gasteiger partial charge in [-0.1, -0.05) is 29.3 Å². The summed E-state index contributed by atoms with van der Waals surface area (Å²) in [4.78, 5) is 11.3. The minimum absolute atomic E-state index is 0.0602. The smallest absolute Gasteiger partial charge is 0.339 e. The highest BCUT2D eigenvalue weighted by atomic mass is 35.5. The van der Waals surface area contributed by atoms with E-state index in [1.165, 1.54) is 12.1 Å². The van der Waals surface area contributed by atoms with Crippen LogP contribution in [0.3, 0.4) is 0 Å². The lowest BCUT2D eigenvalue weighted by atomic mass is 10.1. The number of hydrogen-bond donors (Lipinski definition) is 2. The van der Waals surface area contributed by atoms with Crippen molar-refractivity contribution in [3.63, 3.8) is 0 Å². The number of carboxylic acids is 1. The molecule has 0 radical (unpaired) electrons. The van der Waals surface area contributed by atoms with Crippen LogP contribution in [0.1, 0.15) is 21.5 Å². The van der Waals surface area contributed by atoms with Crippen molar-refractivity contribution >= 4 is 23.3 Å². The van der Waals surface area contributed by atoms with Crippen LogP contribution in [0.15, 0.2) is 30.3 Å². The molecule has 0 fully saturated rings. The number of nitrogens with two attached hydrogens (primary N) is 1. The topological polar surface area (TPSA) is 72.5 Å². The predicted octanol–water partition coefficient (Wildman–Crippen LogP) is 4.03. The van der Waals surface area contributed by atoms with Crippen LogP contribution in [-0.4, -0.2) is 11.1 Å². The number of benzene rings is 2. The Morgan fingerprint density at radius 1 is 1.25 bits per heavy atom. The van der Waals surface area contributed by atoms with Crippen LogP contribution >= 0.6 is 11.6 Å². The standard InChI is InChI=1S/C15H14ClNO3/c1-8-3-4-13(9(2)5-8)20-14-11(15(18)19)6-10(17)7-12(14)16/h3-7H,17H2,1-2H3,(H,18,19). The zero-order valence-corrected chi connectivity index (χ0v) is 11.9. The summed E-state index contributed by atoms with van der Waals surface area (Å²) in [5.41, 5.74) is 7.82. The molecule has 3 N–H and O–H groups in total. The first-order chi connectivity index (χ1) is 9.38. The molecule has 5 heteroatoms. The zero-order valence-electron chi connectivity index (χ0n) is 11.1. The Labute approximate surface area is 121 Å². The van der Waals surface area contributed by atoms with Gasteiger partial charge in [0.15, 0.2) is 5.75 Å². The Bertz CT molecular complexity index is 683. The molecule has 0 aliphatic heterocycles. The summed E-state index contributed by atoms with van der Waals surface area (Å²) in [5.74, 6) is -0.482. The van der Waals surface area contributed by atoms with E-state index < -0.39 is 5.97 Å². The number of hydrogen-bond acceptors (Lipinski definition) is 3. The Kier molecular flexibility index (Phi) is 3.86. The number of halogens is 1. The summed E-state index contributed by atoms with van der Waals surface area (Å²) in [6.07, 6.45) is 0. The monoisotopic (exact) mass is 291 g/mol. The molecule has 4 nitrogen and oxygen atoms in total. The number of ether oxygens (including phenoxy) is 1. The van der Waals surface area contributed by atoms with E-state index in [4.69, 9.17) is 22.1 Å². The van der Waals surface area contributed by atoms with E-state index in [0.717, 1.165) is 11.1 Å². The quantitative estimate of drug-likeness (QED) is 0.837. The molecule has 0 atom stereocenters. The van der Waals surface area contributed by atoms with Gasteiger partial charge in [0.2, 0.25) is 0 Å². The van der Waals surface area contributed by atoms with Crippen molar-refractivity contribution in [1.29, 1.82) is 0 Å². The van der Waals surface area contributed by atoms with E-state index in [9.17, 15) is 9.90 Å². The molecule has 20 heavy (non-hydrogen) atoms. The van der Waals surface area contributed by atoms with Crippen molar-refractivity contribution in [1.82, 2.24) is 0 Å². The van der Waals surface area contributed by atoms with E-state index in [1.807, 2.05) is 26.0 Å². The summed E-state index contributed by atoms with van der Waals surface area (Å²) < 4.78 is 5.67. The third kappa shape index (κ3) is 2.86. The number of carbonyl (C=O) groups is 1. The van der Waals surface area contributed by atoms with Gasteiger partial charge in [-0.25, -0.2) is 4.79 Å². The summed E-state index contributed by atoms with van der Waals surface area (Å²) in [6, 6.07) is 8.40. The molecular weight excluding hydrogens is 278 g/mol. The first-order valence-electron chi connectivity index (χ1n) is 5.96. The number of nitrogen functional groups attached to an aromatic ring is 1. The third-order valence-corrected chi connectivity index (χ3v) is 3.12. The van der Waals surface area contributed by atoms with Crippen molar-refractivity contribution < 1.29 is 14.6 Å². The second-order valence-corrected chi connectivity index (χ2v) is 4.96. The number of carboxylic acid groups (broad SMARTS) is 1. The van der Waals surface area contributed by atoms with Crippen molar-refractivity contribution in [3.8, 4) is 11.5 Å². The van der Waals surface area contributed by atoms with Crippen molar-refractivity contribution in [2.24, 2.45) is 0 Å². The lowest BCUT2D eigenvalue weighted by Gasteiger charge is -2.13. The maximum Gasteiger partial charge on any atom is 0.339 e. The summed E-state index contributed by atoms with van der Waals surface area (Å²) in [6.45, 7) is 3.85. The molecule has 104 valence electrons. The first kappa shape index (κ1) is 14.2. The van der Waals surface area contributed by atoms with Gasteiger partial charge < -0.3 is 15.6 Å². The minimum atomic E-state index is -1.14. The third-order valence-electron chi connectivity index (χ3n) is 2.84. The SMILES string of the molecule is Cc1ccc(Oc2c(Cl)cc(N)cc2C(=O)O)c(C)c1. The van der Waals surface area contributed by atoms with Gasteiger partial charge in [-0.15, -0.1) is 0 Å². The minimum Gasteiger partial charge on any atom is -0.478 e. The van der Waals surface area contributed by atoms with Gasteiger partial charge in [0.1, 0.15) is 11.3 Å². The molecule has 0 aliphatic rings. The molecule has 2 rings (SSSR count). The first-order valence-corrected chi connectivity index (χ1v) is 6.33. The van der Waals surface area contributed by atoms with Gasteiger partial charge in [-0.05, 0) is 37.6 Å². The normalized spacial score (nSPS) is 10.3. The highest BCUT2D eigenvalue weighted by Gasteiger charge is 2.17. The van der Waals surface area contributed by atoms with Gasteiger partial charge in [0.25, 0.3) is 0 Å². The van der Waals surface area contributed by atoms with Crippen LogP contribution in [0.5, 0.6) is 11.5 Å².